The van der Waals surface area contributed by atoms with Gasteiger partial charge in [0.2, 0.25) is 0 Å². The molecule has 2 N–H and O–H groups in total. The fourth-order valence-electron chi connectivity index (χ4n) is 2.47. The largest absolute Gasteiger partial charge is 0.504 e. The van der Waals surface area contributed by atoms with Gasteiger partial charge in [-0.05, 0) is 36.1 Å². The molecule has 0 amide bonds. The van der Waals surface area contributed by atoms with Crippen molar-refractivity contribution < 1.29 is 36.5 Å². The van der Waals surface area contributed by atoms with Crippen LogP contribution in [0.4, 0.5) is 0 Å². The maximum absolute atomic E-state index is 10.3. The molecule has 0 fully saturated rings. The van der Waals surface area contributed by atoms with E-state index in [1.54, 1.807) is 36.7 Å². The number of ether oxygens (including phenoxy) is 2. The zero-order valence-corrected chi connectivity index (χ0v) is 19.6. The molecule has 7 heteroatoms. The predicted octanol–water partition coefficient (Wildman–Crippen LogP) is 4.70. The van der Waals surface area contributed by atoms with Gasteiger partial charge in [-0.2, -0.15) is 0 Å². The molecule has 0 heterocycles. The van der Waals surface area contributed by atoms with Crippen LogP contribution in [0.25, 0.3) is 0 Å². The first kappa shape index (κ1) is 26.5. The van der Waals surface area contributed by atoms with Gasteiger partial charge < -0.3 is 19.7 Å². The number of aromatic hydroxyl groups is 2. The van der Waals surface area contributed by atoms with Gasteiger partial charge in [0.15, 0.2) is 23.0 Å². The molecule has 0 bridgehead atoms. The Morgan fingerprint density at radius 1 is 0.742 bits per heavy atom. The maximum atomic E-state index is 10.3. The molecule has 0 aliphatic rings. The van der Waals surface area contributed by atoms with Crippen LogP contribution in [0.2, 0.25) is 0 Å². The Bertz CT molecular complexity index is 795. The van der Waals surface area contributed by atoms with Gasteiger partial charge in [-0.25, -0.2) is 0 Å². The quantitative estimate of drug-likeness (QED) is 0.368. The van der Waals surface area contributed by atoms with Crippen molar-refractivity contribution in [1.29, 1.82) is 0 Å². The number of aliphatic imine (C=N–C) groups is 2. The summed E-state index contributed by atoms with van der Waals surface area (Å²) in [4.78, 5) is 8.63. The zero-order chi connectivity index (χ0) is 21.9. The summed E-state index contributed by atoms with van der Waals surface area (Å²) in [6, 6.07) is 10.7. The topological polar surface area (TPSA) is 83.6 Å². The molecule has 6 nitrogen and oxygen atoms in total. The summed E-state index contributed by atoms with van der Waals surface area (Å²) in [5.74, 6) is 1.85. The van der Waals surface area contributed by atoms with E-state index in [1.807, 2.05) is 12.1 Å². The summed E-state index contributed by atoms with van der Waals surface area (Å²) in [5.41, 5.74) is 1.21. The van der Waals surface area contributed by atoms with Crippen LogP contribution in [0.5, 0.6) is 23.0 Å². The fourth-order valence-corrected chi connectivity index (χ4v) is 2.47. The fraction of sp³-hybridized carbons (Fsp3) is 0.417. The molecule has 0 saturated carbocycles. The third-order valence-electron chi connectivity index (χ3n) is 4.02. The second kappa shape index (κ2) is 13.7. The van der Waals surface area contributed by atoms with Crippen molar-refractivity contribution in [2.45, 2.75) is 27.7 Å². The standard InChI is InChI=1S/C24H32N2O4.Co/c1-17(2)15-29-21-9-5-7-19(23(21)27)13-25-11-12-26-14-20-8-6-10-22(24(20)28)30-16-18(3)4;/h5-10,13-14,17-18,27-28H,11-12,15-16H2,1-4H3;. The van der Waals surface area contributed by atoms with Gasteiger partial charge in [0, 0.05) is 40.3 Å². The van der Waals surface area contributed by atoms with E-state index in [-0.39, 0.29) is 28.3 Å². The van der Waals surface area contributed by atoms with E-state index >= 15 is 0 Å². The second-order valence-electron chi connectivity index (χ2n) is 7.87. The number of para-hydroxylation sites is 2. The summed E-state index contributed by atoms with van der Waals surface area (Å²) in [7, 11) is 0. The first-order chi connectivity index (χ1) is 14.4. The summed E-state index contributed by atoms with van der Waals surface area (Å²) in [6.07, 6.45) is 3.23. The van der Waals surface area contributed by atoms with Crippen LogP contribution in [0, 0.1) is 11.8 Å². The Morgan fingerprint density at radius 2 is 1.13 bits per heavy atom. The monoisotopic (exact) mass is 471 g/mol. The van der Waals surface area contributed by atoms with Crippen molar-refractivity contribution in [3.63, 3.8) is 0 Å². The molecule has 0 aliphatic heterocycles. The smallest absolute Gasteiger partial charge is 0.166 e. The molecule has 0 saturated heterocycles. The molecule has 1 radical (unpaired) electrons. The Hall–Kier alpha value is -2.51. The number of hydrogen-bond acceptors (Lipinski definition) is 6. The van der Waals surface area contributed by atoms with Gasteiger partial charge in [0.1, 0.15) is 0 Å². The average Bonchev–Trinajstić information content (AvgIpc) is 2.70. The van der Waals surface area contributed by atoms with Crippen molar-refractivity contribution >= 4 is 12.4 Å². The molecule has 2 aromatic carbocycles. The average molecular weight is 471 g/mol. The minimum atomic E-state index is 0. The minimum absolute atomic E-state index is 0. The summed E-state index contributed by atoms with van der Waals surface area (Å²) in [5, 5.41) is 20.6. The van der Waals surface area contributed by atoms with Crippen LogP contribution in [-0.2, 0) is 16.8 Å². The van der Waals surface area contributed by atoms with Crippen LogP contribution in [0.1, 0.15) is 38.8 Å². The molecular weight excluding hydrogens is 439 g/mol. The van der Waals surface area contributed by atoms with E-state index < -0.39 is 0 Å². The van der Waals surface area contributed by atoms with Crippen LogP contribution in [0.3, 0.4) is 0 Å². The van der Waals surface area contributed by atoms with Gasteiger partial charge >= 0.3 is 0 Å². The van der Waals surface area contributed by atoms with E-state index in [9.17, 15) is 10.2 Å². The van der Waals surface area contributed by atoms with Gasteiger partial charge in [-0.3, -0.25) is 9.98 Å². The number of rotatable bonds is 11. The molecule has 0 atom stereocenters. The molecule has 2 rings (SSSR count). The summed E-state index contributed by atoms with van der Waals surface area (Å²) in [6.45, 7) is 10.2. The third kappa shape index (κ3) is 9.02. The van der Waals surface area contributed by atoms with Crippen molar-refractivity contribution in [2.24, 2.45) is 21.8 Å². The van der Waals surface area contributed by atoms with Crippen molar-refractivity contribution in [3.05, 3.63) is 47.5 Å². The minimum Gasteiger partial charge on any atom is -0.504 e. The van der Waals surface area contributed by atoms with Crippen LogP contribution < -0.4 is 9.47 Å². The Labute approximate surface area is 195 Å². The summed E-state index contributed by atoms with van der Waals surface area (Å²) >= 11 is 0. The third-order valence-corrected chi connectivity index (χ3v) is 4.02. The number of phenolic OH excluding ortho intramolecular Hbond substituents is 2. The maximum Gasteiger partial charge on any atom is 0.166 e. The van der Waals surface area contributed by atoms with E-state index in [2.05, 4.69) is 37.7 Å². The second-order valence-corrected chi connectivity index (χ2v) is 7.87. The first-order valence-electron chi connectivity index (χ1n) is 10.3. The number of benzene rings is 2. The number of nitrogens with zero attached hydrogens (tertiary/aromatic N) is 2. The number of phenols is 2. The first-order valence-corrected chi connectivity index (χ1v) is 10.3. The predicted molar refractivity (Wildman–Crippen MR) is 122 cm³/mol. The van der Waals surface area contributed by atoms with Gasteiger partial charge in [-0.1, -0.05) is 39.8 Å². The Morgan fingerprint density at radius 3 is 1.48 bits per heavy atom. The zero-order valence-electron chi connectivity index (χ0n) is 18.5. The molecule has 0 unspecified atom stereocenters. The normalized spacial score (nSPS) is 11.4. The van der Waals surface area contributed by atoms with E-state index in [0.29, 0.717) is 60.8 Å². The van der Waals surface area contributed by atoms with Gasteiger partial charge in [0.25, 0.3) is 0 Å². The summed E-state index contributed by atoms with van der Waals surface area (Å²) < 4.78 is 11.2. The van der Waals surface area contributed by atoms with Crippen molar-refractivity contribution in [1.82, 2.24) is 0 Å². The van der Waals surface area contributed by atoms with Crippen LogP contribution in [-0.4, -0.2) is 48.9 Å². The van der Waals surface area contributed by atoms with Crippen molar-refractivity contribution in [3.8, 4) is 23.0 Å². The number of hydrogen-bond donors (Lipinski definition) is 2. The SMILES string of the molecule is CC(C)COc1cccc(C=NCCN=Cc2cccc(OCC(C)C)c2O)c1O.[Co]. The van der Waals surface area contributed by atoms with E-state index in [4.69, 9.17) is 9.47 Å². The molecule has 0 aromatic heterocycles. The van der Waals surface area contributed by atoms with Crippen molar-refractivity contribution in [2.75, 3.05) is 26.3 Å². The molecule has 2 aromatic rings. The Kier molecular flexibility index (Phi) is 11.7. The molecule has 0 spiro atoms. The van der Waals surface area contributed by atoms with Crippen LogP contribution >= 0.6 is 0 Å². The molecule has 0 aliphatic carbocycles. The molecule has 171 valence electrons. The molecule has 31 heavy (non-hydrogen) atoms. The van der Waals surface area contributed by atoms with E-state index in [0.717, 1.165) is 0 Å². The molecular formula is C24H32CoN2O4. The Balaban J connectivity index is 0.00000480. The van der Waals surface area contributed by atoms with Gasteiger partial charge in [-0.15, -0.1) is 0 Å². The van der Waals surface area contributed by atoms with Gasteiger partial charge in [0.05, 0.1) is 26.3 Å². The van der Waals surface area contributed by atoms with Crippen LogP contribution in [0.15, 0.2) is 46.4 Å². The van der Waals surface area contributed by atoms with E-state index in [1.165, 1.54) is 0 Å².